The third kappa shape index (κ3) is 8.10. The molecule has 1 aromatic carbocycles. The molecular weight excluding hydrogens is 585 g/mol. The molecule has 4 amide bonds. The molecule has 1 saturated heterocycles. The molecule has 3 N–H and O–H groups in total. The standard InChI is InChI=1S/C31H44FN7O4S/c1-5-26(40)35-28(31(43)38-15-17-44-18-16-38)37(4)22-11-12-24(23(32)19-22)34-30(42)27(21-9-7-20(3)8-10-21)36-29(41)25-13-14-33-39(25)6-2/h11-14,19-21,27-28H,5-10,15-18H2,1-4H3,(H,34,42)(H,35,40)(H,36,41)/t20-,21-,27-,28+/m0/s1. The number of nitrogens with one attached hydrogen (secondary N) is 3. The molecule has 0 bridgehead atoms. The van der Waals surface area contributed by atoms with Crippen LogP contribution in [-0.2, 0) is 20.9 Å². The fourth-order valence-corrected chi connectivity index (χ4v) is 6.63. The molecule has 2 aliphatic rings. The van der Waals surface area contributed by atoms with Crippen LogP contribution in [0.5, 0.6) is 0 Å². The number of nitrogens with zero attached hydrogens (tertiary/aromatic N) is 4. The van der Waals surface area contributed by atoms with Crippen LogP contribution in [0.3, 0.4) is 0 Å². The maximum atomic E-state index is 15.5. The Kier molecular flexibility index (Phi) is 11.7. The van der Waals surface area contributed by atoms with Crippen molar-refractivity contribution in [3.8, 4) is 0 Å². The van der Waals surface area contributed by atoms with Crippen LogP contribution in [0.25, 0.3) is 0 Å². The Balaban J connectivity index is 1.52. The number of likely N-dealkylation sites (N-methyl/N-ethyl adjacent to an activating group) is 1. The predicted octanol–water partition coefficient (Wildman–Crippen LogP) is 3.47. The zero-order chi connectivity index (χ0) is 31.8. The van der Waals surface area contributed by atoms with Gasteiger partial charge in [-0.2, -0.15) is 16.9 Å². The molecule has 0 unspecified atom stereocenters. The van der Waals surface area contributed by atoms with Gasteiger partial charge in [0.05, 0.1) is 5.69 Å². The maximum absolute atomic E-state index is 15.5. The summed E-state index contributed by atoms with van der Waals surface area (Å²) < 4.78 is 17.1. The number of amides is 4. The van der Waals surface area contributed by atoms with Crippen molar-refractivity contribution < 1.29 is 23.6 Å². The van der Waals surface area contributed by atoms with Gasteiger partial charge >= 0.3 is 0 Å². The van der Waals surface area contributed by atoms with Gasteiger partial charge in [0.1, 0.15) is 17.6 Å². The molecule has 1 aliphatic carbocycles. The molecule has 4 rings (SSSR count). The third-order valence-electron chi connectivity index (χ3n) is 8.53. The number of thioether (sulfide) groups is 1. The van der Waals surface area contributed by atoms with Crippen LogP contribution in [0.2, 0.25) is 0 Å². The largest absolute Gasteiger partial charge is 0.346 e. The van der Waals surface area contributed by atoms with Crippen molar-refractivity contribution in [2.45, 2.75) is 71.6 Å². The van der Waals surface area contributed by atoms with E-state index in [9.17, 15) is 19.2 Å². The lowest BCUT2D eigenvalue weighted by Crippen LogP contribution is -2.58. The molecule has 13 heteroatoms. The molecule has 2 atom stereocenters. The number of carbonyl (C=O) groups is 4. The molecule has 2 fully saturated rings. The lowest BCUT2D eigenvalue weighted by molar-refractivity contribution is -0.136. The first-order valence-corrected chi connectivity index (χ1v) is 16.6. The Hall–Kier alpha value is -3.61. The van der Waals surface area contributed by atoms with Crippen molar-refractivity contribution in [3.05, 3.63) is 42.0 Å². The average molecular weight is 630 g/mol. The minimum absolute atomic E-state index is 0.0392. The molecule has 1 saturated carbocycles. The van der Waals surface area contributed by atoms with Crippen LogP contribution < -0.4 is 20.9 Å². The van der Waals surface area contributed by atoms with E-state index in [-0.39, 0.29) is 29.8 Å². The third-order valence-corrected chi connectivity index (χ3v) is 9.47. The number of halogens is 1. The number of hydrogen-bond donors (Lipinski definition) is 3. The SMILES string of the molecule is CCC(=O)N[C@@H](C(=O)N1CCSCC1)N(C)c1ccc(NC(=O)[C@@H](NC(=O)c2ccnn2CC)[C@H]2CC[C@H](C)CC2)c(F)c1. The monoisotopic (exact) mass is 629 g/mol. The van der Waals surface area contributed by atoms with E-state index in [2.05, 4.69) is 28.0 Å². The van der Waals surface area contributed by atoms with E-state index in [1.807, 2.05) is 6.92 Å². The molecule has 0 radical (unpaired) electrons. The molecular formula is C31H44FN7O4S. The summed E-state index contributed by atoms with van der Waals surface area (Å²) >= 11 is 1.77. The number of aryl methyl sites for hydroxylation is 1. The predicted molar refractivity (Wildman–Crippen MR) is 170 cm³/mol. The molecule has 2 heterocycles. The first-order chi connectivity index (χ1) is 21.1. The number of aromatic nitrogens is 2. The summed E-state index contributed by atoms with van der Waals surface area (Å²) in [5, 5.41) is 12.5. The van der Waals surface area contributed by atoms with Gasteiger partial charge in [0, 0.05) is 56.5 Å². The van der Waals surface area contributed by atoms with E-state index < -0.39 is 29.8 Å². The second-order valence-corrected chi connectivity index (χ2v) is 12.8. The van der Waals surface area contributed by atoms with Gasteiger partial charge < -0.3 is 25.8 Å². The Bertz CT molecular complexity index is 1320. The number of carbonyl (C=O) groups excluding carboxylic acids is 4. The number of benzene rings is 1. The lowest BCUT2D eigenvalue weighted by atomic mass is 9.79. The maximum Gasteiger partial charge on any atom is 0.270 e. The highest BCUT2D eigenvalue weighted by Gasteiger charge is 2.34. The number of hydrogen-bond acceptors (Lipinski definition) is 7. The summed E-state index contributed by atoms with van der Waals surface area (Å²) in [6.45, 7) is 7.41. The Morgan fingerprint density at radius 1 is 1.07 bits per heavy atom. The first-order valence-electron chi connectivity index (χ1n) is 15.4. The Morgan fingerprint density at radius 2 is 1.77 bits per heavy atom. The van der Waals surface area contributed by atoms with E-state index in [1.165, 1.54) is 17.0 Å². The van der Waals surface area contributed by atoms with Gasteiger partial charge in [0.2, 0.25) is 11.8 Å². The normalized spacial score (nSPS) is 19.9. The zero-order valence-electron chi connectivity index (χ0n) is 26.0. The van der Waals surface area contributed by atoms with E-state index in [1.54, 1.807) is 53.6 Å². The van der Waals surface area contributed by atoms with Crippen LogP contribution in [0.4, 0.5) is 15.8 Å². The Morgan fingerprint density at radius 3 is 2.41 bits per heavy atom. The molecule has 1 aliphatic heterocycles. The van der Waals surface area contributed by atoms with Gasteiger partial charge in [-0.25, -0.2) is 4.39 Å². The van der Waals surface area contributed by atoms with Gasteiger partial charge in [0.25, 0.3) is 11.8 Å². The van der Waals surface area contributed by atoms with Gasteiger partial charge in [0.15, 0.2) is 6.17 Å². The van der Waals surface area contributed by atoms with Crippen molar-refractivity contribution in [1.82, 2.24) is 25.3 Å². The van der Waals surface area contributed by atoms with Gasteiger partial charge in [-0.05, 0) is 55.9 Å². The summed E-state index contributed by atoms with van der Waals surface area (Å²) in [6.07, 6.45) is 4.16. The van der Waals surface area contributed by atoms with Crippen molar-refractivity contribution >= 4 is 46.8 Å². The minimum Gasteiger partial charge on any atom is -0.346 e. The van der Waals surface area contributed by atoms with Gasteiger partial charge in [-0.1, -0.05) is 26.7 Å². The van der Waals surface area contributed by atoms with Gasteiger partial charge in [-0.3, -0.25) is 23.9 Å². The van der Waals surface area contributed by atoms with Crippen LogP contribution in [0.1, 0.15) is 63.4 Å². The molecule has 11 nitrogen and oxygen atoms in total. The Labute approximate surface area is 262 Å². The molecule has 2 aromatic rings. The van der Waals surface area contributed by atoms with E-state index in [0.29, 0.717) is 36.9 Å². The van der Waals surface area contributed by atoms with Crippen molar-refractivity contribution in [1.29, 1.82) is 0 Å². The molecule has 1 aromatic heterocycles. The van der Waals surface area contributed by atoms with Crippen molar-refractivity contribution in [2.75, 3.05) is 41.9 Å². The zero-order valence-corrected chi connectivity index (χ0v) is 26.8. The summed E-state index contributed by atoms with van der Waals surface area (Å²) in [7, 11) is 1.63. The molecule has 44 heavy (non-hydrogen) atoms. The summed E-state index contributed by atoms with van der Waals surface area (Å²) in [6, 6.07) is 5.02. The number of rotatable bonds is 11. The first kappa shape index (κ1) is 33.3. The topological polar surface area (TPSA) is 129 Å². The average Bonchev–Trinajstić information content (AvgIpc) is 3.53. The van der Waals surface area contributed by atoms with Gasteiger partial charge in [-0.15, -0.1) is 0 Å². The highest BCUT2D eigenvalue weighted by molar-refractivity contribution is 7.99. The second kappa shape index (κ2) is 15.4. The molecule has 0 spiro atoms. The fourth-order valence-electron chi connectivity index (χ4n) is 5.73. The highest BCUT2D eigenvalue weighted by Crippen LogP contribution is 2.32. The minimum atomic E-state index is -1.00. The summed E-state index contributed by atoms with van der Waals surface area (Å²) in [4.78, 5) is 55.8. The van der Waals surface area contributed by atoms with Crippen LogP contribution in [-0.4, -0.2) is 82.2 Å². The number of anilines is 2. The van der Waals surface area contributed by atoms with Crippen molar-refractivity contribution in [3.63, 3.8) is 0 Å². The smallest absolute Gasteiger partial charge is 0.270 e. The van der Waals surface area contributed by atoms with E-state index >= 15 is 4.39 Å². The highest BCUT2D eigenvalue weighted by atomic mass is 32.2. The van der Waals surface area contributed by atoms with Crippen molar-refractivity contribution in [2.24, 2.45) is 11.8 Å². The van der Waals surface area contributed by atoms with Crippen LogP contribution >= 0.6 is 11.8 Å². The summed E-state index contributed by atoms with van der Waals surface area (Å²) in [5.41, 5.74) is 0.680. The second-order valence-electron chi connectivity index (χ2n) is 11.5. The molecule has 240 valence electrons. The van der Waals surface area contributed by atoms with E-state index in [0.717, 1.165) is 37.2 Å². The quantitative estimate of drug-likeness (QED) is 0.325. The summed E-state index contributed by atoms with van der Waals surface area (Å²) in [5.74, 6) is -0.0618. The van der Waals surface area contributed by atoms with Crippen LogP contribution in [0.15, 0.2) is 30.5 Å². The van der Waals surface area contributed by atoms with E-state index in [4.69, 9.17) is 0 Å². The fraction of sp³-hybridized carbons (Fsp3) is 0.581. The lowest BCUT2D eigenvalue weighted by Gasteiger charge is -2.35. The van der Waals surface area contributed by atoms with Crippen LogP contribution in [0, 0.1) is 17.7 Å².